The lowest BCUT2D eigenvalue weighted by molar-refractivity contribution is -0.138. The van der Waals surface area contributed by atoms with Crippen molar-refractivity contribution in [2.45, 2.75) is 57.0 Å². The molecule has 1 atom stereocenters. The van der Waals surface area contributed by atoms with Gasteiger partial charge < -0.3 is 10.2 Å². The van der Waals surface area contributed by atoms with E-state index in [0.29, 0.717) is 28.1 Å². The van der Waals surface area contributed by atoms with Crippen molar-refractivity contribution in [3.8, 4) is 0 Å². The van der Waals surface area contributed by atoms with Crippen molar-refractivity contribution in [1.82, 2.24) is 10.2 Å². The second-order valence-corrected chi connectivity index (χ2v) is 9.80. The molecule has 0 spiro atoms. The molecule has 2 aromatic carbocycles. The number of amides is 2. The van der Waals surface area contributed by atoms with Gasteiger partial charge in [-0.25, -0.2) is 0 Å². The van der Waals surface area contributed by atoms with Crippen molar-refractivity contribution in [1.29, 1.82) is 0 Å². The number of carbonyl (C=O) groups is 2. The van der Waals surface area contributed by atoms with Crippen molar-refractivity contribution in [3.63, 3.8) is 0 Å². The highest BCUT2D eigenvalue weighted by Gasteiger charge is 2.28. The van der Waals surface area contributed by atoms with Crippen LogP contribution in [0.4, 0.5) is 0 Å². The van der Waals surface area contributed by atoms with Crippen LogP contribution in [0, 0.1) is 0 Å². The SMILES string of the molecule is CC(C(=O)NC1CCCC1)N(Cc1ccc(Cl)cc1)C(=O)CSCc1cccc(Cl)c1. The van der Waals surface area contributed by atoms with Gasteiger partial charge in [0.2, 0.25) is 11.8 Å². The molecule has 0 aromatic heterocycles. The molecule has 0 heterocycles. The zero-order chi connectivity index (χ0) is 22.2. The first-order chi connectivity index (χ1) is 14.9. The predicted octanol–water partition coefficient (Wildman–Crippen LogP) is 5.70. The molecule has 4 nitrogen and oxygen atoms in total. The average Bonchev–Trinajstić information content (AvgIpc) is 3.26. The highest BCUT2D eigenvalue weighted by molar-refractivity contribution is 7.99. The third kappa shape index (κ3) is 7.44. The number of halogens is 2. The molecular formula is C24H28Cl2N2O2S. The molecule has 2 aromatic rings. The standard InChI is InChI=1S/C24H28Cl2N2O2S/c1-17(24(30)27-22-7-2-3-8-22)28(14-18-9-11-20(25)12-10-18)23(29)16-31-15-19-5-4-6-21(26)13-19/h4-6,9-13,17,22H,2-3,7-8,14-16H2,1H3,(H,27,30). The van der Waals surface area contributed by atoms with Gasteiger partial charge in [0.1, 0.15) is 6.04 Å². The van der Waals surface area contributed by atoms with Crippen molar-refractivity contribution < 1.29 is 9.59 Å². The molecule has 1 N–H and O–H groups in total. The van der Waals surface area contributed by atoms with E-state index >= 15 is 0 Å². The Labute approximate surface area is 198 Å². The van der Waals surface area contributed by atoms with E-state index in [-0.39, 0.29) is 17.9 Å². The quantitative estimate of drug-likeness (QED) is 0.502. The number of nitrogens with zero attached hydrogens (tertiary/aromatic N) is 1. The molecule has 1 aliphatic carbocycles. The summed E-state index contributed by atoms with van der Waals surface area (Å²) in [6, 6.07) is 14.7. The average molecular weight is 479 g/mol. The lowest BCUT2D eigenvalue weighted by atomic mass is 10.1. The molecule has 1 unspecified atom stereocenters. The smallest absolute Gasteiger partial charge is 0.242 e. The lowest BCUT2D eigenvalue weighted by Gasteiger charge is -2.29. The van der Waals surface area contributed by atoms with E-state index in [1.54, 1.807) is 24.0 Å². The fraction of sp³-hybridized carbons (Fsp3) is 0.417. The minimum Gasteiger partial charge on any atom is -0.352 e. The molecule has 7 heteroatoms. The van der Waals surface area contributed by atoms with Gasteiger partial charge in [0.15, 0.2) is 0 Å². The molecule has 1 saturated carbocycles. The first-order valence-corrected chi connectivity index (χ1v) is 12.5. The third-order valence-electron chi connectivity index (χ3n) is 5.52. The molecule has 1 fully saturated rings. The number of hydrogen-bond acceptors (Lipinski definition) is 3. The van der Waals surface area contributed by atoms with Crippen LogP contribution in [0.3, 0.4) is 0 Å². The van der Waals surface area contributed by atoms with Gasteiger partial charge >= 0.3 is 0 Å². The van der Waals surface area contributed by atoms with Gasteiger partial charge in [-0.05, 0) is 55.2 Å². The molecule has 166 valence electrons. The van der Waals surface area contributed by atoms with Crippen LogP contribution in [0.15, 0.2) is 48.5 Å². The van der Waals surface area contributed by atoms with Crippen LogP contribution in [-0.4, -0.2) is 34.6 Å². The van der Waals surface area contributed by atoms with Gasteiger partial charge in [-0.3, -0.25) is 9.59 Å². The van der Waals surface area contributed by atoms with E-state index in [1.807, 2.05) is 36.4 Å². The Bertz CT molecular complexity index is 885. The van der Waals surface area contributed by atoms with Gasteiger partial charge in [0.25, 0.3) is 0 Å². The number of nitrogens with one attached hydrogen (secondary N) is 1. The first-order valence-electron chi connectivity index (χ1n) is 10.6. The van der Waals surface area contributed by atoms with E-state index in [4.69, 9.17) is 23.2 Å². The van der Waals surface area contributed by atoms with Crippen LogP contribution in [-0.2, 0) is 21.9 Å². The Kier molecular flexibility index (Phi) is 9.12. The number of carbonyl (C=O) groups excluding carboxylic acids is 2. The van der Waals surface area contributed by atoms with Gasteiger partial charge in [0, 0.05) is 28.4 Å². The molecule has 31 heavy (non-hydrogen) atoms. The van der Waals surface area contributed by atoms with Crippen molar-refractivity contribution in [2.24, 2.45) is 0 Å². The molecule has 0 radical (unpaired) electrons. The number of benzene rings is 2. The largest absolute Gasteiger partial charge is 0.352 e. The van der Waals surface area contributed by atoms with Crippen molar-refractivity contribution in [3.05, 3.63) is 69.7 Å². The normalized spacial score (nSPS) is 14.9. The minimum absolute atomic E-state index is 0.0592. The minimum atomic E-state index is -0.546. The van der Waals surface area contributed by atoms with Gasteiger partial charge in [-0.2, -0.15) is 0 Å². The summed E-state index contributed by atoms with van der Waals surface area (Å²) < 4.78 is 0. The number of hydrogen-bond donors (Lipinski definition) is 1. The van der Waals surface area contributed by atoms with Crippen LogP contribution < -0.4 is 5.32 Å². The summed E-state index contributed by atoms with van der Waals surface area (Å²) in [5.74, 6) is 0.829. The summed E-state index contributed by atoms with van der Waals surface area (Å²) in [5.41, 5.74) is 2.01. The molecule has 0 aliphatic heterocycles. The Hall–Kier alpha value is -1.69. The Morgan fingerprint density at radius 1 is 1.06 bits per heavy atom. The summed E-state index contributed by atoms with van der Waals surface area (Å²) in [6.07, 6.45) is 4.32. The zero-order valence-corrected chi connectivity index (χ0v) is 20.0. The maximum atomic E-state index is 13.1. The third-order valence-corrected chi connectivity index (χ3v) is 6.99. The van der Waals surface area contributed by atoms with Crippen LogP contribution in [0.25, 0.3) is 0 Å². The van der Waals surface area contributed by atoms with Crippen molar-refractivity contribution in [2.75, 3.05) is 5.75 Å². The van der Waals surface area contributed by atoms with Gasteiger partial charge in [0.05, 0.1) is 5.75 Å². The monoisotopic (exact) mass is 478 g/mol. The van der Waals surface area contributed by atoms with Gasteiger partial charge in [-0.15, -0.1) is 11.8 Å². The van der Waals surface area contributed by atoms with Crippen LogP contribution >= 0.6 is 35.0 Å². The molecular weight excluding hydrogens is 451 g/mol. The molecule has 0 saturated heterocycles. The summed E-state index contributed by atoms with van der Waals surface area (Å²) >= 11 is 13.6. The predicted molar refractivity (Wildman–Crippen MR) is 129 cm³/mol. The maximum Gasteiger partial charge on any atom is 0.242 e. The second kappa shape index (κ2) is 11.8. The molecule has 3 rings (SSSR count). The summed E-state index contributed by atoms with van der Waals surface area (Å²) in [5, 5.41) is 4.45. The molecule has 2 amide bonds. The second-order valence-electron chi connectivity index (χ2n) is 7.94. The van der Waals surface area contributed by atoms with E-state index in [1.165, 1.54) is 11.8 Å². The highest BCUT2D eigenvalue weighted by atomic mass is 35.5. The van der Waals surface area contributed by atoms with Gasteiger partial charge in [-0.1, -0.05) is 60.3 Å². The zero-order valence-electron chi connectivity index (χ0n) is 17.7. The first kappa shape index (κ1) is 24.0. The summed E-state index contributed by atoms with van der Waals surface area (Å²) in [7, 11) is 0. The molecule has 1 aliphatic rings. The topological polar surface area (TPSA) is 49.4 Å². The fourth-order valence-electron chi connectivity index (χ4n) is 3.73. The Morgan fingerprint density at radius 3 is 2.45 bits per heavy atom. The summed E-state index contributed by atoms with van der Waals surface area (Å²) in [6.45, 7) is 2.17. The van der Waals surface area contributed by atoms with Crippen LogP contribution in [0.1, 0.15) is 43.7 Å². The maximum absolute atomic E-state index is 13.1. The molecule has 0 bridgehead atoms. The van der Waals surface area contributed by atoms with E-state index in [0.717, 1.165) is 36.8 Å². The fourth-order valence-corrected chi connectivity index (χ4v) is 4.92. The Morgan fingerprint density at radius 2 is 1.77 bits per heavy atom. The van der Waals surface area contributed by atoms with E-state index < -0.39 is 6.04 Å². The lowest BCUT2D eigenvalue weighted by Crippen LogP contribution is -2.50. The summed E-state index contributed by atoms with van der Waals surface area (Å²) in [4.78, 5) is 27.7. The number of rotatable bonds is 9. The van der Waals surface area contributed by atoms with E-state index in [2.05, 4.69) is 5.32 Å². The highest BCUT2D eigenvalue weighted by Crippen LogP contribution is 2.21. The number of thioether (sulfide) groups is 1. The van der Waals surface area contributed by atoms with E-state index in [9.17, 15) is 9.59 Å². The van der Waals surface area contributed by atoms with Crippen molar-refractivity contribution >= 4 is 46.8 Å². The van der Waals surface area contributed by atoms with Crippen LogP contribution in [0.5, 0.6) is 0 Å². The van der Waals surface area contributed by atoms with Crippen LogP contribution in [0.2, 0.25) is 10.0 Å². The Balaban J connectivity index is 1.64.